The van der Waals surface area contributed by atoms with E-state index in [0.29, 0.717) is 24.8 Å². The smallest absolute Gasteiger partial charge is 0.273 e. The average Bonchev–Trinajstić information content (AvgIpc) is 2.75. The fraction of sp³-hybridized carbons (Fsp3) is 0.714. The third-order valence-electron chi connectivity index (χ3n) is 2.55. The Morgan fingerprint density at radius 3 is 2.45 bits per heavy atom. The van der Waals surface area contributed by atoms with E-state index in [0.717, 1.165) is 6.54 Å². The minimum absolute atomic E-state index is 0.0249. The van der Waals surface area contributed by atoms with Gasteiger partial charge >= 0.3 is 0 Å². The molecule has 6 heteroatoms. The fourth-order valence-electron chi connectivity index (χ4n) is 1.46. The van der Waals surface area contributed by atoms with E-state index in [2.05, 4.69) is 23.9 Å². The molecule has 0 bridgehead atoms. The molecule has 20 heavy (non-hydrogen) atoms. The summed E-state index contributed by atoms with van der Waals surface area (Å²) < 4.78 is 32.0. The molecule has 0 saturated carbocycles. The molecule has 0 saturated heterocycles. The standard InChI is InChI=1S/C14H26N2O3S/c1-11(2)8-15-9-12-6-7-13(19-12)20(17,18)16-10-14(3,4)5/h6-7,11,15-16H,8-10H2,1-5H3. The highest BCUT2D eigenvalue weighted by atomic mass is 32.2. The first-order valence-electron chi connectivity index (χ1n) is 6.89. The minimum atomic E-state index is -3.56. The van der Waals surface area contributed by atoms with Gasteiger partial charge in [0.1, 0.15) is 5.76 Å². The second-order valence-electron chi connectivity index (χ2n) is 6.63. The molecular weight excluding hydrogens is 276 g/mol. The van der Waals surface area contributed by atoms with Crippen LogP contribution in [0.4, 0.5) is 0 Å². The van der Waals surface area contributed by atoms with Gasteiger partial charge in [-0.3, -0.25) is 0 Å². The summed E-state index contributed by atoms with van der Waals surface area (Å²) in [6, 6.07) is 3.19. The van der Waals surface area contributed by atoms with E-state index in [1.165, 1.54) is 6.07 Å². The fourth-order valence-corrected chi connectivity index (χ4v) is 2.69. The maximum atomic E-state index is 12.0. The highest BCUT2D eigenvalue weighted by Gasteiger charge is 2.21. The zero-order chi connectivity index (χ0) is 15.4. The van der Waals surface area contributed by atoms with Crippen LogP contribution >= 0.6 is 0 Å². The Morgan fingerprint density at radius 2 is 1.90 bits per heavy atom. The van der Waals surface area contributed by atoms with Gasteiger partial charge in [-0.05, 0) is 30.0 Å². The number of hydrogen-bond acceptors (Lipinski definition) is 4. The van der Waals surface area contributed by atoms with Gasteiger partial charge < -0.3 is 9.73 Å². The summed E-state index contributed by atoms with van der Waals surface area (Å²) in [6.07, 6.45) is 0. The molecule has 0 aliphatic carbocycles. The molecule has 1 aromatic heterocycles. The molecule has 2 N–H and O–H groups in total. The first-order chi connectivity index (χ1) is 9.10. The molecule has 0 radical (unpaired) electrons. The van der Waals surface area contributed by atoms with Gasteiger partial charge in [-0.15, -0.1) is 0 Å². The van der Waals surface area contributed by atoms with Gasteiger partial charge in [0.05, 0.1) is 6.54 Å². The lowest BCUT2D eigenvalue weighted by Crippen LogP contribution is -2.32. The van der Waals surface area contributed by atoms with Crippen molar-refractivity contribution in [1.29, 1.82) is 0 Å². The molecule has 0 aromatic carbocycles. The van der Waals surface area contributed by atoms with Crippen molar-refractivity contribution in [3.05, 3.63) is 17.9 Å². The van der Waals surface area contributed by atoms with Crippen molar-refractivity contribution < 1.29 is 12.8 Å². The van der Waals surface area contributed by atoms with Crippen LogP contribution in [-0.2, 0) is 16.6 Å². The summed E-state index contributed by atoms with van der Waals surface area (Å²) in [7, 11) is -3.56. The predicted octanol–water partition coefficient (Wildman–Crippen LogP) is 2.35. The molecule has 1 rings (SSSR count). The van der Waals surface area contributed by atoms with Crippen LogP contribution in [0.15, 0.2) is 21.6 Å². The SMILES string of the molecule is CC(C)CNCc1ccc(S(=O)(=O)NCC(C)(C)C)o1. The topological polar surface area (TPSA) is 71.3 Å². The van der Waals surface area contributed by atoms with E-state index in [9.17, 15) is 8.42 Å². The Labute approximate surface area is 122 Å². The van der Waals surface area contributed by atoms with Gasteiger partial charge in [0, 0.05) is 6.54 Å². The molecule has 116 valence electrons. The van der Waals surface area contributed by atoms with Crippen molar-refractivity contribution in [2.24, 2.45) is 11.3 Å². The Bertz CT molecular complexity index is 513. The van der Waals surface area contributed by atoms with E-state index >= 15 is 0 Å². The summed E-state index contributed by atoms with van der Waals surface area (Å²) >= 11 is 0. The lowest BCUT2D eigenvalue weighted by atomic mass is 9.98. The summed E-state index contributed by atoms with van der Waals surface area (Å²) in [5.74, 6) is 1.17. The highest BCUT2D eigenvalue weighted by molar-refractivity contribution is 7.89. The average molecular weight is 302 g/mol. The molecular formula is C14H26N2O3S. The van der Waals surface area contributed by atoms with Gasteiger partial charge in [0.15, 0.2) is 0 Å². The Balaban J connectivity index is 2.61. The highest BCUT2D eigenvalue weighted by Crippen LogP contribution is 2.16. The van der Waals surface area contributed by atoms with Crippen LogP contribution in [0.25, 0.3) is 0 Å². The lowest BCUT2D eigenvalue weighted by molar-refractivity contribution is 0.382. The zero-order valence-corrected chi connectivity index (χ0v) is 13.8. The zero-order valence-electron chi connectivity index (χ0n) is 13.0. The molecule has 0 aliphatic rings. The molecule has 0 fully saturated rings. The molecule has 0 aliphatic heterocycles. The number of rotatable bonds is 7. The van der Waals surface area contributed by atoms with E-state index in [-0.39, 0.29) is 10.5 Å². The minimum Gasteiger partial charge on any atom is -0.447 e. The number of nitrogens with one attached hydrogen (secondary N) is 2. The van der Waals surface area contributed by atoms with Crippen LogP contribution in [0.3, 0.4) is 0 Å². The molecule has 0 spiro atoms. The van der Waals surface area contributed by atoms with Crippen molar-refractivity contribution in [2.45, 2.75) is 46.3 Å². The van der Waals surface area contributed by atoms with Crippen LogP contribution in [0.2, 0.25) is 0 Å². The van der Waals surface area contributed by atoms with E-state index in [1.54, 1.807) is 6.07 Å². The van der Waals surface area contributed by atoms with Crippen LogP contribution in [0.5, 0.6) is 0 Å². The van der Waals surface area contributed by atoms with Gasteiger partial charge in [-0.2, -0.15) is 0 Å². The summed E-state index contributed by atoms with van der Waals surface area (Å²) in [6.45, 7) is 11.9. The Hall–Kier alpha value is -0.850. The van der Waals surface area contributed by atoms with Crippen molar-refractivity contribution >= 4 is 10.0 Å². The maximum Gasteiger partial charge on any atom is 0.273 e. The Kier molecular flexibility index (Phi) is 5.79. The third kappa shape index (κ3) is 6.07. The molecule has 1 aromatic rings. The second-order valence-corrected chi connectivity index (χ2v) is 8.33. The molecule has 0 atom stereocenters. The normalized spacial score (nSPS) is 13.1. The van der Waals surface area contributed by atoms with Crippen molar-refractivity contribution in [3.8, 4) is 0 Å². The van der Waals surface area contributed by atoms with E-state index in [1.807, 2.05) is 20.8 Å². The third-order valence-corrected chi connectivity index (χ3v) is 3.82. The van der Waals surface area contributed by atoms with E-state index in [4.69, 9.17) is 4.42 Å². The maximum absolute atomic E-state index is 12.0. The van der Waals surface area contributed by atoms with Crippen LogP contribution in [-0.4, -0.2) is 21.5 Å². The molecule has 0 amide bonds. The van der Waals surface area contributed by atoms with Crippen LogP contribution in [0.1, 0.15) is 40.4 Å². The molecule has 0 unspecified atom stereocenters. The largest absolute Gasteiger partial charge is 0.447 e. The number of furan rings is 1. The number of sulfonamides is 1. The van der Waals surface area contributed by atoms with E-state index < -0.39 is 10.0 Å². The summed E-state index contributed by atoms with van der Waals surface area (Å²) in [5.41, 5.74) is -0.110. The van der Waals surface area contributed by atoms with Crippen molar-refractivity contribution in [1.82, 2.24) is 10.0 Å². The van der Waals surface area contributed by atoms with Gasteiger partial charge in [0.2, 0.25) is 5.09 Å². The second kappa shape index (κ2) is 6.74. The molecule has 5 nitrogen and oxygen atoms in total. The monoisotopic (exact) mass is 302 g/mol. The lowest BCUT2D eigenvalue weighted by Gasteiger charge is -2.17. The summed E-state index contributed by atoms with van der Waals surface area (Å²) in [5, 5.41) is 3.19. The first kappa shape index (κ1) is 17.2. The van der Waals surface area contributed by atoms with Gasteiger partial charge in [0.25, 0.3) is 10.0 Å². The van der Waals surface area contributed by atoms with Crippen molar-refractivity contribution in [3.63, 3.8) is 0 Å². The van der Waals surface area contributed by atoms with Crippen molar-refractivity contribution in [2.75, 3.05) is 13.1 Å². The first-order valence-corrected chi connectivity index (χ1v) is 8.37. The number of hydrogen-bond donors (Lipinski definition) is 2. The predicted molar refractivity (Wildman–Crippen MR) is 79.9 cm³/mol. The van der Waals surface area contributed by atoms with Gasteiger partial charge in [-0.1, -0.05) is 34.6 Å². The van der Waals surface area contributed by atoms with Crippen LogP contribution < -0.4 is 10.0 Å². The Morgan fingerprint density at radius 1 is 1.25 bits per heavy atom. The van der Waals surface area contributed by atoms with Gasteiger partial charge in [-0.25, -0.2) is 13.1 Å². The summed E-state index contributed by atoms with van der Waals surface area (Å²) in [4.78, 5) is 0. The van der Waals surface area contributed by atoms with Crippen LogP contribution in [0, 0.1) is 11.3 Å². The quantitative estimate of drug-likeness (QED) is 0.811. The molecule has 1 heterocycles.